The normalized spacial score (nSPS) is 17.5. The molecule has 3 aromatic heterocycles. The third-order valence-electron chi connectivity index (χ3n) is 9.51. The van der Waals surface area contributed by atoms with E-state index in [9.17, 15) is 18.8 Å². The van der Waals surface area contributed by atoms with E-state index in [1.165, 1.54) is 24.3 Å². The van der Waals surface area contributed by atoms with Crippen molar-refractivity contribution in [2.45, 2.75) is 44.6 Å². The summed E-state index contributed by atoms with van der Waals surface area (Å²) in [6, 6.07) is 11.5. The number of rotatable bonds is 8. The number of anilines is 4. The number of hydrogen-bond donors (Lipinski definition) is 2. The van der Waals surface area contributed by atoms with E-state index in [2.05, 4.69) is 30.1 Å². The molecular weight excluding hydrogens is 601 g/mol. The van der Waals surface area contributed by atoms with Crippen LogP contribution in [0.1, 0.15) is 55.1 Å². The van der Waals surface area contributed by atoms with Crippen molar-refractivity contribution < 1.29 is 18.8 Å². The average Bonchev–Trinajstić information content (AvgIpc) is 3.56. The molecule has 47 heavy (non-hydrogen) atoms. The second-order valence-electron chi connectivity index (χ2n) is 12.9. The second-order valence-corrected chi connectivity index (χ2v) is 12.9. The quantitative estimate of drug-likeness (QED) is 0.268. The van der Waals surface area contributed by atoms with Crippen molar-refractivity contribution in [3.63, 3.8) is 0 Å². The molecule has 0 radical (unpaired) electrons. The van der Waals surface area contributed by atoms with Crippen LogP contribution in [-0.4, -0.2) is 87.3 Å². The standard InChI is InChI=1S/C34H38FN9O3/c1-41(2)30(45)27-19-22-20-37-33(40-29(22)44(27)25-5-3-4-6-25)39-28-12-11-26(21-36-28)42-15-17-43(18-16-42)32(47)34(13-14-34)31(46)38-24-9-7-23(35)8-10-24/h7-12,19-21,25H,3-6,13-18H2,1-2H3,(H,38,46)(H,36,37,39,40). The van der Waals surface area contributed by atoms with Crippen molar-refractivity contribution in [2.24, 2.45) is 5.41 Å². The summed E-state index contributed by atoms with van der Waals surface area (Å²) in [4.78, 5) is 58.9. The second kappa shape index (κ2) is 12.3. The lowest BCUT2D eigenvalue weighted by atomic mass is 10.0. The highest BCUT2D eigenvalue weighted by molar-refractivity contribution is 6.13. The lowest BCUT2D eigenvalue weighted by molar-refractivity contribution is -0.142. The highest BCUT2D eigenvalue weighted by Crippen LogP contribution is 2.48. The minimum atomic E-state index is -1.04. The number of carbonyl (C=O) groups excluding carboxylic acids is 3. The summed E-state index contributed by atoms with van der Waals surface area (Å²) in [6.45, 7) is 2.22. The predicted molar refractivity (Wildman–Crippen MR) is 176 cm³/mol. The summed E-state index contributed by atoms with van der Waals surface area (Å²) in [6.07, 6.45) is 8.85. The number of carbonyl (C=O) groups is 3. The number of benzene rings is 1. The van der Waals surface area contributed by atoms with Gasteiger partial charge in [0.25, 0.3) is 5.91 Å². The highest BCUT2D eigenvalue weighted by atomic mass is 19.1. The molecule has 0 unspecified atom stereocenters. The molecule has 12 nitrogen and oxygen atoms in total. The minimum absolute atomic E-state index is 0.0497. The Labute approximate surface area is 272 Å². The van der Waals surface area contributed by atoms with E-state index in [4.69, 9.17) is 4.98 Å². The van der Waals surface area contributed by atoms with Gasteiger partial charge in [-0.2, -0.15) is 4.98 Å². The van der Waals surface area contributed by atoms with E-state index >= 15 is 0 Å². The number of amides is 3. The fourth-order valence-electron chi connectivity index (χ4n) is 6.67. The summed E-state index contributed by atoms with van der Waals surface area (Å²) in [5.74, 6) is 0.0813. The largest absolute Gasteiger partial charge is 0.367 e. The molecule has 0 spiro atoms. The first-order chi connectivity index (χ1) is 22.7. The van der Waals surface area contributed by atoms with Crippen LogP contribution in [0.4, 0.5) is 27.5 Å². The van der Waals surface area contributed by atoms with Gasteiger partial charge in [-0.25, -0.2) is 14.4 Å². The number of pyridine rings is 1. The zero-order chi connectivity index (χ0) is 32.7. The molecule has 3 aliphatic rings. The first-order valence-electron chi connectivity index (χ1n) is 16.2. The molecule has 13 heteroatoms. The van der Waals surface area contributed by atoms with Crippen molar-refractivity contribution in [1.82, 2.24) is 29.3 Å². The van der Waals surface area contributed by atoms with Gasteiger partial charge in [-0.05, 0) is 68.1 Å². The smallest absolute Gasteiger partial charge is 0.270 e. The molecule has 2 N–H and O–H groups in total. The summed E-state index contributed by atoms with van der Waals surface area (Å²) in [7, 11) is 3.52. The molecule has 1 aromatic carbocycles. The topological polar surface area (TPSA) is 129 Å². The fraction of sp³-hybridized carbons (Fsp3) is 0.412. The van der Waals surface area contributed by atoms with Gasteiger partial charge in [0.2, 0.25) is 17.8 Å². The number of halogens is 1. The molecule has 1 aliphatic heterocycles. The molecule has 3 fully saturated rings. The fourth-order valence-corrected chi connectivity index (χ4v) is 6.67. The Morgan fingerprint density at radius 3 is 2.30 bits per heavy atom. The van der Waals surface area contributed by atoms with Crippen LogP contribution in [0.5, 0.6) is 0 Å². The number of nitrogens with zero attached hydrogens (tertiary/aromatic N) is 7. The number of hydrogen-bond acceptors (Lipinski definition) is 8. The Hall–Kier alpha value is -5.07. The summed E-state index contributed by atoms with van der Waals surface area (Å²) in [5.41, 5.74) is 1.73. The maximum absolute atomic E-state index is 13.4. The SMILES string of the molecule is CN(C)C(=O)c1cc2cnc(Nc3ccc(N4CCN(C(=O)C5(C(=O)Nc6ccc(F)cc6)CC5)CC4)cn3)nc2n1C1CCCC1. The third kappa shape index (κ3) is 5.97. The Morgan fingerprint density at radius 2 is 1.66 bits per heavy atom. The molecule has 7 rings (SSSR count). The van der Waals surface area contributed by atoms with Gasteiger partial charge in [-0.1, -0.05) is 12.8 Å². The van der Waals surface area contributed by atoms with Gasteiger partial charge < -0.3 is 29.9 Å². The van der Waals surface area contributed by atoms with Crippen LogP contribution in [0.3, 0.4) is 0 Å². The molecule has 0 bridgehead atoms. The summed E-state index contributed by atoms with van der Waals surface area (Å²) < 4.78 is 15.3. The summed E-state index contributed by atoms with van der Waals surface area (Å²) >= 11 is 0. The van der Waals surface area contributed by atoms with Crippen LogP contribution < -0.4 is 15.5 Å². The third-order valence-corrected chi connectivity index (χ3v) is 9.51. The first-order valence-corrected chi connectivity index (χ1v) is 16.2. The lowest BCUT2D eigenvalue weighted by Crippen LogP contribution is -2.52. The number of piperazine rings is 1. The Kier molecular flexibility index (Phi) is 7.98. The minimum Gasteiger partial charge on any atom is -0.367 e. The van der Waals surface area contributed by atoms with Crippen LogP contribution in [0.25, 0.3) is 11.0 Å². The van der Waals surface area contributed by atoms with E-state index in [1.807, 2.05) is 18.2 Å². The van der Waals surface area contributed by atoms with Gasteiger partial charge in [0.1, 0.15) is 28.4 Å². The van der Waals surface area contributed by atoms with Crippen molar-refractivity contribution >= 4 is 51.9 Å². The van der Waals surface area contributed by atoms with E-state index in [-0.39, 0.29) is 29.6 Å². The van der Waals surface area contributed by atoms with E-state index in [0.717, 1.165) is 42.4 Å². The zero-order valence-corrected chi connectivity index (χ0v) is 26.6. The summed E-state index contributed by atoms with van der Waals surface area (Å²) in [5, 5.41) is 6.82. The van der Waals surface area contributed by atoms with Crippen molar-refractivity contribution in [3.05, 3.63) is 66.4 Å². The molecule has 1 saturated heterocycles. The molecule has 244 valence electrons. The maximum Gasteiger partial charge on any atom is 0.270 e. The van der Waals surface area contributed by atoms with Crippen LogP contribution in [-0.2, 0) is 9.59 Å². The first kappa shape index (κ1) is 30.6. The van der Waals surface area contributed by atoms with E-state index in [0.29, 0.717) is 62.2 Å². The predicted octanol–water partition coefficient (Wildman–Crippen LogP) is 4.59. The van der Waals surface area contributed by atoms with Crippen LogP contribution in [0.15, 0.2) is 54.9 Å². The molecule has 2 saturated carbocycles. The van der Waals surface area contributed by atoms with Gasteiger partial charge in [0.05, 0.1) is 11.9 Å². The van der Waals surface area contributed by atoms with Gasteiger partial charge in [-0.3, -0.25) is 14.4 Å². The van der Waals surface area contributed by atoms with E-state index < -0.39 is 5.41 Å². The lowest BCUT2D eigenvalue weighted by Gasteiger charge is -2.37. The van der Waals surface area contributed by atoms with Gasteiger partial charge in [0.15, 0.2) is 0 Å². The molecule has 3 amide bonds. The number of nitrogens with one attached hydrogen (secondary N) is 2. The highest BCUT2D eigenvalue weighted by Gasteiger charge is 2.58. The van der Waals surface area contributed by atoms with Crippen LogP contribution >= 0.6 is 0 Å². The average molecular weight is 640 g/mol. The van der Waals surface area contributed by atoms with Crippen molar-refractivity contribution in [3.8, 4) is 0 Å². The van der Waals surface area contributed by atoms with Crippen molar-refractivity contribution in [2.75, 3.05) is 55.8 Å². The Morgan fingerprint density at radius 1 is 0.936 bits per heavy atom. The van der Waals surface area contributed by atoms with E-state index in [1.54, 1.807) is 36.3 Å². The van der Waals surface area contributed by atoms with Gasteiger partial charge >= 0.3 is 0 Å². The van der Waals surface area contributed by atoms with Crippen LogP contribution in [0, 0.1) is 11.2 Å². The van der Waals surface area contributed by atoms with Gasteiger partial charge in [-0.15, -0.1) is 0 Å². The molecule has 2 aliphatic carbocycles. The number of aromatic nitrogens is 4. The maximum atomic E-state index is 13.4. The molecule has 4 aromatic rings. The Balaban J connectivity index is 0.985. The Bertz CT molecular complexity index is 1810. The zero-order valence-electron chi connectivity index (χ0n) is 26.6. The van der Waals surface area contributed by atoms with Crippen molar-refractivity contribution in [1.29, 1.82) is 0 Å². The molecule has 0 atom stereocenters. The molecular formula is C34H38FN9O3. The van der Waals surface area contributed by atoms with Gasteiger partial charge in [0, 0.05) is 63.6 Å². The van der Waals surface area contributed by atoms with Crippen LogP contribution in [0.2, 0.25) is 0 Å². The number of fused-ring (bicyclic) bond motifs is 1. The molecule has 4 heterocycles. The monoisotopic (exact) mass is 639 g/mol.